The zero-order valence-corrected chi connectivity index (χ0v) is 8.48. The molecule has 1 rings (SSSR count). The maximum Gasteiger partial charge on any atom is 0.411 e. The largest absolute Gasteiger partial charge is 0.411 e. The van der Waals surface area contributed by atoms with Gasteiger partial charge in [-0.2, -0.15) is 13.2 Å². The maximum atomic E-state index is 11.7. The fourth-order valence-electron chi connectivity index (χ4n) is 1.36. The van der Waals surface area contributed by atoms with Crippen LogP contribution in [0.25, 0.3) is 0 Å². The van der Waals surface area contributed by atoms with E-state index in [1.165, 1.54) is 0 Å². The summed E-state index contributed by atoms with van der Waals surface area (Å²) >= 11 is 0. The maximum absolute atomic E-state index is 11.7. The number of nitrogens with one attached hydrogen (secondary N) is 1. The summed E-state index contributed by atoms with van der Waals surface area (Å²) in [5.41, 5.74) is 0. The highest BCUT2D eigenvalue weighted by atomic mass is 19.4. The Kier molecular flexibility index (Phi) is 5.35. The molecule has 0 aliphatic carbocycles. The Balaban J connectivity index is 1.84. The van der Waals surface area contributed by atoms with E-state index in [0.717, 1.165) is 13.0 Å². The Hall–Kier alpha value is -0.330. The second-order valence-corrected chi connectivity index (χ2v) is 3.54. The summed E-state index contributed by atoms with van der Waals surface area (Å²) in [4.78, 5) is 0. The van der Waals surface area contributed by atoms with Crippen LogP contribution in [-0.4, -0.2) is 45.2 Å². The highest BCUT2D eigenvalue weighted by Crippen LogP contribution is 2.14. The van der Waals surface area contributed by atoms with Crippen LogP contribution in [0.15, 0.2) is 0 Å². The van der Waals surface area contributed by atoms with Gasteiger partial charge in [0.25, 0.3) is 0 Å². The number of hydrogen-bond acceptors (Lipinski definition) is 3. The predicted octanol–water partition coefficient (Wildman–Crippen LogP) is 1.33. The van der Waals surface area contributed by atoms with Gasteiger partial charge in [0.1, 0.15) is 6.61 Å². The second kappa shape index (κ2) is 6.30. The van der Waals surface area contributed by atoms with Crippen molar-refractivity contribution in [2.24, 2.45) is 0 Å². The van der Waals surface area contributed by atoms with Gasteiger partial charge in [-0.1, -0.05) is 0 Å². The minimum atomic E-state index is -4.22. The van der Waals surface area contributed by atoms with Crippen molar-refractivity contribution in [2.75, 3.05) is 33.0 Å². The molecular weight excluding hydrogens is 211 g/mol. The van der Waals surface area contributed by atoms with Gasteiger partial charge in [0, 0.05) is 19.3 Å². The molecule has 1 heterocycles. The molecule has 1 N–H and O–H groups in total. The van der Waals surface area contributed by atoms with E-state index >= 15 is 0 Å². The van der Waals surface area contributed by atoms with Gasteiger partial charge in [-0.15, -0.1) is 0 Å². The van der Waals surface area contributed by atoms with E-state index in [4.69, 9.17) is 4.74 Å². The Morgan fingerprint density at radius 2 is 2.20 bits per heavy atom. The number of ether oxygens (including phenoxy) is 2. The molecule has 1 aliphatic rings. The van der Waals surface area contributed by atoms with Crippen molar-refractivity contribution in [1.82, 2.24) is 5.32 Å². The first kappa shape index (κ1) is 12.7. The van der Waals surface area contributed by atoms with Crippen LogP contribution in [0.5, 0.6) is 0 Å². The molecule has 15 heavy (non-hydrogen) atoms. The summed E-state index contributed by atoms with van der Waals surface area (Å²) in [5, 5.41) is 3.19. The summed E-state index contributed by atoms with van der Waals surface area (Å²) in [6.45, 7) is 1.12. The van der Waals surface area contributed by atoms with E-state index in [2.05, 4.69) is 10.1 Å². The summed E-state index contributed by atoms with van der Waals surface area (Å²) in [6, 6.07) is 0.354. The average Bonchev–Trinajstić information content (AvgIpc) is 2.61. The van der Waals surface area contributed by atoms with Gasteiger partial charge < -0.3 is 14.8 Å². The first-order chi connectivity index (χ1) is 7.08. The molecule has 0 aromatic carbocycles. The molecule has 90 valence electrons. The number of halogens is 3. The number of rotatable bonds is 6. The van der Waals surface area contributed by atoms with E-state index in [1.54, 1.807) is 0 Å². The lowest BCUT2D eigenvalue weighted by Crippen LogP contribution is -2.30. The third-order valence-electron chi connectivity index (χ3n) is 2.09. The first-order valence-electron chi connectivity index (χ1n) is 5.03. The average molecular weight is 227 g/mol. The predicted molar refractivity (Wildman–Crippen MR) is 48.7 cm³/mol. The summed E-state index contributed by atoms with van der Waals surface area (Å²) < 4.78 is 44.6. The molecule has 1 aliphatic heterocycles. The summed E-state index contributed by atoms with van der Waals surface area (Å²) in [5.74, 6) is 0. The lowest BCUT2D eigenvalue weighted by molar-refractivity contribution is -0.173. The van der Waals surface area contributed by atoms with Gasteiger partial charge in [0.15, 0.2) is 0 Å². The molecule has 0 bridgehead atoms. The van der Waals surface area contributed by atoms with Crippen molar-refractivity contribution in [1.29, 1.82) is 0 Å². The molecule has 1 atom stereocenters. The Bertz CT molecular complexity index is 169. The van der Waals surface area contributed by atoms with Crippen molar-refractivity contribution in [3.63, 3.8) is 0 Å². The van der Waals surface area contributed by atoms with Gasteiger partial charge in [0.05, 0.1) is 6.61 Å². The molecular formula is C9H16F3NO2. The van der Waals surface area contributed by atoms with Gasteiger partial charge >= 0.3 is 6.18 Å². The smallest absolute Gasteiger partial charge is 0.380 e. The van der Waals surface area contributed by atoms with E-state index in [1.807, 2.05) is 0 Å². The molecule has 3 nitrogen and oxygen atoms in total. The lowest BCUT2D eigenvalue weighted by Gasteiger charge is -2.11. The molecule has 0 radical (unpaired) electrons. The standard InChI is InChI=1S/C9H16F3NO2/c10-9(11,12)7-15-4-1-3-13-8-2-5-14-6-8/h8,13H,1-7H2. The molecule has 1 unspecified atom stereocenters. The van der Waals surface area contributed by atoms with Crippen molar-refractivity contribution in [3.8, 4) is 0 Å². The lowest BCUT2D eigenvalue weighted by atomic mass is 10.2. The molecule has 1 fully saturated rings. The normalized spacial score (nSPS) is 22.2. The quantitative estimate of drug-likeness (QED) is 0.694. The molecule has 6 heteroatoms. The van der Waals surface area contributed by atoms with Gasteiger partial charge in [-0.25, -0.2) is 0 Å². The van der Waals surface area contributed by atoms with Crippen LogP contribution in [-0.2, 0) is 9.47 Å². The van der Waals surface area contributed by atoms with Crippen LogP contribution in [0.1, 0.15) is 12.8 Å². The van der Waals surface area contributed by atoms with Crippen LogP contribution in [0.4, 0.5) is 13.2 Å². The third kappa shape index (κ3) is 6.70. The van der Waals surface area contributed by atoms with Crippen LogP contribution in [0.2, 0.25) is 0 Å². The number of alkyl halides is 3. The van der Waals surface area contributed by atoms with E-state index < -0.39 is 12.8 Å². The van der Waals surface area contributed by atoms with Crippen molar-refractivity contribution >= 4 is 0 Å². The zero-order chi connectivity index (χ0) is 11.1. The van der Waals surface area contributed by atoms with Gasteiger partial charge in [-0.05, 0) is 19.4 Å². The minimum absolute atomic E-state index is 0.139. The van der Waals surface area contributed by atoms with E-state index in [9.17, 15) is 13.2 Å². The highest BCUT2D eigenvalue weighted by Gasteiger charge is 2.27. The first-order valence-corrected chi connectivity index (χ1v) is 5.03. The fourth-order valence-corrected chi connectivity index (χ4v) is 1.36. The minimum Gasteiger partial charge on any atom is -0.380 e. The van der Waals surface area contributed by atoms with Crippen molar-refractivity contribution in [2.45, 2.75) is 25.1 Å². The highest BCUT2D eigenvalue weighted by molar-refractivity contribution is 4.70. The Morgan fingerprint density at radius 3 is 2.80 bits per heavy atom. The molecule has 0 amide bonds. The summed E-state index contributed by atoms with van der Waals surface area (Å²) in [6.07, 6.45) is -2.65. The second-order valence-electron chi connectivity index (χ2n) is 3.54. The SMILES string of the molecule is FC(F)(F)COCCCNC1CCOC1. The van der Waals surface area contributed by atoms with Gasteiger partial charge in [0.2, 0.25) is 0 Å². The molecule has 0 aromatic heterocycles. The topological polar surface area (TPSA) is 30.5 Å². The van der Waals surface area contributed by atoms with Gasteiger partial charge in [-0.3, -0.25) is 0 Å². The fraction of sp³-hybridized carbons (Fsp3) is 1.00. The van der Waals surface area contributed by atoms with Crippen LogP contribution in [0.3, 0.4) is 0 Å². The van der Waals surface area contributed by atoms with Crippen LogP contribution in [0, 0.1) is 0 Å². The Labute approximate surface area is 86.9 Å². The van der Waals surface area contributed by atoms with Crippen molar-refractivity contribution < 1.29 is 22.6 Å². The molecule has 0 saturated carbocycles. The molecule has 1 saturated heterocycles. The van der Waals surface area contributed by atoms with E-state index in [-0.39, 0.29) is 6.61 Å². The molecule has 0 aromatic rings. The van der Waals surface area contributed by atoms with E-state index in [0.29, 0.717) is 25.6 Å². The summed E-state index contributed by atoms with van der Waals surface area (Å²) in [7, 11) is 0. The Morgan fingerprint density at radius 1 is 1.40 bits per heavy atom. The van der Waals surface area contributed by atoms with Crippen LogP contribution < -0.4 is 5.32 Å². The number of hydrogen-bond donors (Lipinski definition) is 1. The van der Waals surface area contributed by atoms with Crippen LogP contribution >= 0.6 is 0 Å². The third-order valence-corrected chi connectivity index (χ3v) is 2.09. The molecule has 0 spiro atoms. The monoisotopic (exact) mass is 227 g/mol. The van der Waals surface area contributed by atoms with Crippen molar-refractivity contribution in [3.05, 3.63) is 0 Å². The zero-order valence-electron chi connectivity index (χ0n) is 8.48.